The molecule has 1 rings (SSSR count). The summed E-state index contributed by atoms with van der Waals surface area (Å²) in [5, 5.41) is 7.50. The van der Waals surface area contributed by atoms with Gasteiger partial charge in [-0.2, -0.15) is 5.10 Å². The summed E-state index contributed by atoms with van der Waals surface area (Å²) in [6.07, 6.45) is 4.51. The first kappa shape index (κ1) is 16.0. The van der Waals surface area contributed by atoms with Gasteiger partial charge in [0.25, 0.3) is 0 Å². The maximum Gasteiger partial charge on any atom is 0.326 e. The Morgan fingerprint density at radius 1 is 1.68 bits per heavy atom. The zero-order valence-corrected chi connectivity index (χ0v) is 13.1. The van der Waals surface area contributed by atoms with Crippen molar-refractivity contribution in [2.75, 3.05) is 13.7 Å². The smallest absolute Gasteiger partial charge is 0.326 e. The van der Waals surface area contributed by atoms with Gasteiger partial charge >= 0.3 is 5.97 Å². The van der Waals surface area contributed by atoms with Crippen molar-refractivity contribution in [1.29, 1.82) is 0 Å². The Bertz CT molecular complexity index is 422. The zero-order chi connectivity index (χ0) is 14.5. The number of carbonyl (C=O) groups is 1. The van der Waals surface area contributed by atoms with Crippen LogP contribution in [0.25, 0.3) is 0 Å². The molecule has 6 heteroatoms. The third kappa shape index (κ3) is 4.54. The highest BCUT2D eigenvalue weighted by molar-refractivity contribution is 7.99. The fourth-order valence-electron chi connectivity index (χ4n) is 1.89. The van der Waals surface area contributed by atoms with Gasteiger partial charge in [0, 0.05) is 23.4 Å². The molecular weight excluding hydrogens is 262 g/mol. The SMILES string of the molecule is CCOC(=O)C(C)(CC(C)Sc1cnn(C)c1)NC. The second kappa shape index (κ2) is 6.96. The molecule has 0 radical (unpaired) electrons. The van der Waals surface area contributed by atoms with E-state index in [0.717, 1.165) is 4.90 Å². The van der Waals surface area contributed by atoms with Gasteiger partial charge in [0.15, 0.2) is 0 Å². The van der Waals surface area contributed by atoms with Gasteiger partial charge in [0.05, 0.1) is 12.8 Å². The Morgan fingerprint density at radius 3 is 2.84 bits per heavy atom. The number of hydrogen-bond acceptors (Lipinski definition) is 5. The van der Waals surface area contributed by atoms with E-state index in [0.29, 0.717) is 13.0 Å². The maximum absolute atomic E-state index is 12.0. The Hall–Kier alpha value is -1.01. The monoisotopic (exact) mass is 285 g/mol. The number of aromatic nitrogens is 2. The molecular formula is C13H23N3O2S. The van der Waals surface area contributed by atoms with E-state index >= 15 is 0 Å². The van der Waals surface area contributed by atoms with Crippen LogP contribution in [0.1, 0.15) is 27.2 Å². The van der Waals surface area contributed by atoms with E-state index in [1.165, 1.54) is 0 Å². The topological polar surface area (TPSA) is 56.1 Å². The predicted octanol–water partition coefficient (Wildman–Crippen LogP) is 1.83. The van der Waals surface area contributed by atoms with Crippen molar-refractivity contribution >= 4 is 17.7 Å². The van der Waals surface area contributed by atoms with E-state index in [1.54, 1.807) is 23.5 Å². The number of rotatable bonds is 7. The minimum absolute atomic E-state index is 0.198. The molecule has 0 aliphatic heterocycles. The molecule has 1 N–H and O–H groups in total. The van der Waals surface area contributed by atoms with Crippen LogP contribution in [-0.4, -0.2) is 40.2 Å². The number of nitrogens with one attached hydrogen (secondary N) is 1. The van der Waals surface area contributed by atoms with Crippen LogP contribution >= 0.6 is 11.8 Å². The van der Waals surface area contributed by atoms with Gasteiger partial charge in [-0.3, -0.25) is 9.48 Å². The molecule has 0 fully saturated rings. The average Bonchev–Trinajstić information content (AvgIpc) is 2.74. The highest BCUT2D eigenvalue weighted by atomic mass is 32.2. The van der Waals surface area contributed by atoms with Crippen LogP contribution in [-0.2, 0) is 16.6 Å². The lowest BCUT2D eigenvalue weighted by atomic mass is 9.96. The third-order valence-electron chi connectivity index (χ3n) is 2.99. The van der Waals surface area contributed by atoms with Crippen molar-refractivity contribution in [3.05, 3.63) is 12.4 Å². The molecule has 0 aliphatic carbocycles. The fraction of sp³-hybridized carbons (Fsp3) is 0.692. The summed E-state index contributed by atoms with van der Waals surface area (Å²) in [5.74, 6) is -0.198. The van der Waals surface area contributed by atoms with Crippen LogP contribution in [0.3, 0.4) is 0 Å². The second-order valence-electron chi connectivity index (χ2n) is 4.78. The van der Waals surface area contributed by atoms with Crippen molar-refractivity contribution in [2.45, 2.75) is 42.9 Å². The number of ether oxygens (including phenoxy) is 1. The minimum Gasteiger partial charge on any atom is -0.465 e. The van der Waals surface area contributed by atoms with E-state index in [9.17, 15) is 4.79 Å². The first-order valence-electron chi connectivity index (χ1n) is 6.42. The summed E-state index contributed by atoms with van der Waals surface area (Å²) in [7, 11) is 3.68. The number of thioether (sulfide) groups is 1. The summed E-state index contributed by atoms with van der Waals surface area (Å²) >= 11 is 1.71. The van der Waals surface area contributed by atoms with Gasteiger partial charge in [-0.05, 0) is 27.3 Å². The molecule has 19 heavy (non-hydrogen) atoms. The lowest BCUT2D eigenvalue weighted by Gasteiger charge is -2.29. The summed E-state index contributed by atoms with van der Waals surface area (Å²) in [6.45, 7) is 6.21. The van der Waals surface area contributed by atoms with E-state index in [1.807, 2.05) is 33.3 Å². The van der Waals surface area contributed by atoms with E-state index in [2.05, 4.69) is 17.3 Å². The second-order valence-corrected chi connectivity index (χ2v) is 6.30. The molecule has 1 heterocycles. The minimum atomic E-state index is -0.648. The normalized spacial score (nSPS) is 15.8. The van der Waals surface area contributed by atoms with Crippen LogP contribution in [0.2, 0.25) is 0 Å². The van der Waals surface area contributed by atoms with Gasteiger partial charge < -0.3 is 10.1 Å². The number of nitrogens with zero attached hydrogens (tertiary/aromatic N) is 2. The number of carbonyl (C=O) groups excluding carboxylic acids is 1. The molecule has 0 aliphatic rings. The van der Waals surface area contributed by atoms with Crippen molar-refractivity contribution in [2.24, 2.45) is 7.05 Å². The average molecular weight is 285 g/mol. The lowest BCUT2D eigenvalue weighted by molar-refractivity contribution is -0.150. The number of aryl methyl sites for hydroxylation is 1. The largest absolute Gasteiger partial charge is 0.465 e. The zero-order valence-electron chi connectivity index (χ0n) is 12.3. The van der Waals surface area contributed by atoms with Crippen molar-refractivity contribution in [3.63, 3.8) is 0 Å². The van der Waals surface area contributed by atoms with Crippen molar-refractivity contribution < 1.29 is 9.53 Å². The third-order valence-corrected chi connectivity index (χ3v) is 4.04. The number of esters is 1. The summed E-state index contributed by atoms with van der Waals surface area (Å²) in [4.78, 5) is 13.1. The van der Waals surface area contributed by atoms with E-state index < -0.39 is 5.54 Å². The highest BCUT2D eigenvalue weighted by Crippen LogP contribution is 2.28. The molecule has 0 bridgehead atoms. The summed E-state index contributed by atoms with van der Waals surface area (Å²) in [6, 6.07) is 0. The highest BCUT2D eigenvalue weighted by Gasteiger charge is 2.34. The van der Waals surface area contributed by atoms with Gasteiger partial charge in [-0.1, -0.05) is 6.92 Å². The molecule has 108 valence electrons. The molecule has 0 amide bonds. The Labute approximate surface area is 119 Å². The molecule has 2 atom stereocenters. The quantitative estimate of drug-likeness (QED) is 0.612. The van der Waals surface area contributed by atoms with Gasteiger partial charge in [0.1, 0.15) is 5.54 Å². The number of hydrogen-bond donors (Lipinski definition) is 1. The lowest BCUT2D eigenvalue weighted by Crippen LogP contribution is -2.50. The van der Waals surface area contributed by atoms with Crippen LogP contribution in [0.4, 0.5) is 0 Å². The predicted molar refractivity (Wildman–Crippen MR) is 77.2 cm³/mol. The Morgan fingerprint density at radius 2 is 2.37 bits per heavy atom. The first-order chi connectivity index (χ1) is 8.91. The molecule has 0 saturated carbocycles. The number of likely N-dealkylation sites (N-methyl/N-ethyl adjacent to an activating group) is 1. The van der Waals surface area contributed by atoms with Crippen LogP contribution in [0.15, 0.2) is 17.3 Å². The summed E-state index contributed by atoms with van der Waals surface area (Å²) in [5.41, 5.74) is -0.648. The fourth-order valence-corrected chi connectivity index (χ4v) is 3.09. The molecule has 0 aromatic carbocycles. The van der Waals surface area contributed by atoms with Crippen LogP contribution in [0.5, 0.6) is 0 Å². The standard InChI is InChI=1S/C13H23N3O2S/c1-6-18-12(17)13(3,14-4)7-10(2)19-11-8-15-16(5)9-11/h8-10,14H,6-7H2,1-5H3. The maximum atomic E-state index is 12.0. The Balaban J connectivity index is 2.62. The van der Waals surface area contributed by atoms with Crippen LogP contribution in [0, 0.1) is 0 Å². The van der Waals surface area contributed by atoms with Gasteiger partial charge in [-0.25, -0.2) is 0 Å². The molecule has 1 aromatic heterocycles. The van der Waals surface area contributed by atoms with Gasteiger partial charge in [-0.15, -0.1) is 11.8 Å². The summed E-state index contributed by atoms with van der Waals surface area (Å²) < 4.78 is 6.90. The van der Waals surface area contributed by atoms with E-state index in [4.69, 9.17) is 4.74 Å². The van der Waals surface area contributed by atoms with Crippen molar-refractivity contribution in [3.8, 4) is 0 Å². The molecule has 0 saturated heterocycles. The molecule has 1 aromatic rings. The molecule has 5 nitrogen and oxygen atoms in total. The Kier molecular flexibility index (Phi) is 5.87. The van der Waals surface area contributed by atoms with Crippen molar-refractivity contribution in [1.82, 2.24) is 15.1 Å². The van der Waals surface area contributed by atoms with Crippen LogP contribution < -0.4 is 5.32 Å². The van der Waals surface area contributed by atoms with Gasteiger partial charge in [0.2, 0.25) is 0 Å². The molecule has 0 spiro atoms. The first-order valence-corrected chi connectivity index (χ1v) is 7.30. The molecule has 2 unspecified atom stereocenters. The van der Waals surface area contributed by atoms with E-state index in [-0.39, 0.29) is 11.2 Å².